The van der Waals surface area contributed by atoms with Gasteiger partial charge in [-0.15, -0.1) is 0 Å². The predicted molar refractivity (Wildman–Crippen MR) is 71.2 cm³/mol. The third-order valence-corrected chi connectivity index (χ3v) is 3.58. The highest BCUT2D eigenvalue weighted by molar-refractivity contribution is 5.91. The molecule has 1 aromatic heterocycles. The highest BCUT2D eigenvalue weighted by Crippen LogP contribution is 2.26. The predicted octanol–water partition coefficient (Wildman–Crippen LogP) is 1.11. The maximum atomic E-state index is 11.1. The molecule has 18 heavy (non-hydrogen) atoms. The molecule has 2 atom stereocenters. The van der Waals surface area contributed by atoms with Gasteiger partial charge in [-0.3, -0.25) is 9.78 Å². The first-order chi connectivity index (χ1) is 8.70. The Labute approximate surface area is 107 Å². The van der Waals surface area contributed by atoms with Gasteiger partial charge >= 0.3 is 0 Å². The van der Waals surface area contributed by atoms with E-state index in [1.54, 1.807) is 12.3 Å². The molecule has 0 bridgehead atoms. The quantitative estimate of drug-likeness (QED) is 0.744. The Kier molecular flexibility index (Phi) is 4.15. The molecule has 0 aromatic carbocycles. The van der Waals surface area contributed by atoms with Gasteiger partial charge in [0.2, 0.25) is 0 Å². The molecule has 5 nitrogen and oxygen atoms in total. The van der Waals surface area contributed by atoms with Gasteiger partial charge in [0.1, 0.15) is 5.69 Å². The number of nitrogens with one attached hydrogen (secondary N) is 1. The number of carbonyl (C=O) groups excluding carboxylic acids is 1. The van der Waals surface area contributed by atoms with Gasteiger partial charge in [0.25, 0.3) is 5.91 Å². The van der Waals surface area contributed by atoms with E-state index in [4.69, 9.17) is 11.5 Å². The van der Waals surface area contributed by atoms with Crippen LogP contribution in [0.5, 0.6) is 0 Å². The first kappa shape index (κ1) is 12.8. The molecule has 5 N–H and O–H groups in total. The summed E-state index contributed by atoms with van der Waals surface area (Å²) in [6, 6.07) is 3.94. The van der Waals surface area contributed by atoms with E-state index in [9.17, 15) is 4.79 Å². The minimum Gasteiger partial charge on any atom is -0.382 e. The summed E-state index contributed by atoms with van der Waals surface area (Å²) in [6.07, 6.45) is 6.37. The summed E-state index contributed by atoms with van der Waals surface area (Å²) in [5, 5.41) is 3.45. The number of hydrogen-bond acceptors (Lipinski definition) is 4. The second-order valence-electron chi connectivity index (χ2n) is 4.83. The SMILES string of the molecule is NCC1CCCCC1Nc1ccnc(C(N)=O)c1. The lowest BCUT2D eigenvalue weighted by Crippen LogP contribution is -2.36. The molecule has 1 aliphatic carbocycles. The molecule has 1 aromatic rings. The number of nitrogens with zero attached hydrogens (tertiary/aromatic N) is 1. The van der Waals surface area contributed by atoms with Crippen LogP contribution in [0.2, 0.25) is 0 Å². The summed E-state index contributed by atoms with van der Waals surface area (Å²) in [4.78, 5) is 15.0. The molecule has 1 fully saturated rings. The average molecular weight is 248 g/mol. The van der Waals surface area contributed by atoms with E-state index in [-0.39, 0.29) is 0 Å². The van der Waals surface area contributed by atoms with Gasteiger partial charge in [-0.25, -0.2) is 0 Å². The van der Waals surface area contributed by atoms with Crippen molar-refractivity contribution >= 4 is 11.6 Å². The number of pyridine rings is 1. The zero-order valence-electron chi connectivity index (χ0n) is 10.4. The highest BCUT2D eigenvalue weighted by atomic mass is 16.1. The second-order valence-corrected chi connectivity index (χ2v) is 4.83. The number of rotatable bonds is 4. The van der Waals surface area contributed by atoms with Crippen LogP contribution in [0.1, 0.15) is 36.2 Å². The molecule has 1 heterocycles. The van der Waals surface area contributed by atoms with Crippen LogP contribution < -0.4 is 16.8 Å². The van der Waals surface area contributed by atoms with Crippen LogP contribution in [0.15, 0.2) is 18.3 Å². The van der Waals surface area contributed by atoms with Crippen LogP contribution in [0, 0.1) is 5.92 Å². The third kappa shape index (κ3) is 2.98. The van der Waals surface area contributed by atoms with Gasteiger partial charge in [-0.05, 0) is 37.4 Å². The smallest absolute Gasteiger partial charge is 0.267 e. The van der Waals surface area contributed by atoms with E-state index in [0.717, 1.165) is 12.1 Å². The lowest BCUT2D eigenvalue weighted by atomic mass is 9.84. The molecule has 1 saturated carbocycles. The lowest BCUT2D eigenvalue weighted by Gasteiger charge is -2.32. The Hall–Kier alpha value is -1.62. The summed E-state index contributed by atoms with van der Waals surface area (Å²) in [7, 11) is 0. The van der Waals surface area contributed by atoms with Crippen LogP contribution in [0.4, 0.5) is 5.69 Å². The highest BCUT2D eigenvalue weighted by Gasteiger charge is 2.23. The molecular formula is C13H20N4O. The van der Waals surface area contributed by atoms with Crippen molar-refractivity contribution in [1.29, 1.82) is 0 Å². The molecular weight excluding hydrogens is 228 g/mol. The molecule has 0 saturated heterocycles. The van der Waals surface area contributed by atoms with Crippen molar-refractivity contribution in [3.05, 3.63) is 24.0 Å². The monoisotopic (exact) mass is 248 g/mol. The van der Waals surface area contributed by atoms with E-state index in [1.165, 1.54) is 19.3 Å². The van der Waals surface area contributed by atoms with E-state index >= 15 is 0 Å². The number of nitrogens with two attached hydrogens (primary N) is 2. The van der Waals surface area contributed by atoms with Gasteiger partial charge < -0.3 is 16.8 Å². The first-order valence-electron chi connectivity index (χ1n) is 6.43. The molecule has 2 unspecified atom stereocenters. The second kappa shape index (κ2) is 5.82. The fourth-order valence-electron chi connectivity index (χ4n) is 2.55. The van der Waals surface area contributed by atoms with Gasteiger partial charge in [-0.2, -0.15) is 0 Å². The van der Waals surface area contributed by atoms with Gasteiger partial charge in [0.05, 0.1) is 0 Å². The summed E-state index contributed by atoms with van der Waals surface area (Å²) in [5.74, 6) is 0.00149. The van der Waals surface area contributed by atoms with Gasteiger partial charge in [0.15, 0.2) is 0 Å². The van der Waals surface area contributed by atoms with Crippen LogP contribution in [0.3, 0.4) is 0 Å². The Balaban J connectivity index is 2.07. The van der Waals surface area contributed by atoms with Crippen molar-refractivity contribution in [2.45, 2.75) is 31.7 Å². The van der Waals surface area contributed by atoms with E-state index in [2.05, 4.69) is 10.3 Å². The van der Waals surface area contributed by atoms with Crippen LogP contribution >= 0.6 is 0 Å². The molecule has 2 rings (SSSR count). The maximum Gasteiger partial charge on any atom is 0.267 e. The van der Waals surface area contributed by atoms with Crippen molar-refractivity contribution in [1.82, 2.24) is 4.98 Å². The van der Waals surface area contributed by atoms with Crippen molar-refractivity contribution in [3.63, 3.8) is 0 Å². The number of primary amides is 1. The van der Waals surface area contributed by atoms with Gasteiger partial charge in [0, 0.05) is 17.9 Å². The van der Waals surface area contributed by atoms with Crippen molar-refractivity contribution in [3.8, 4) is 0 Å². The Bertz CT molecular complexity index is 421. The molecule has 0 radical (unpaired) electrons. The zero-order chi connectivity index (χ0) is 13.0. The number of aromatic nitrogens is 1. The normalized spacial score (nSPS) is 23.6. The fraction of sp³-hybridized carbons (Fsp3) is 0.538. The summed E-state index contributed by atoms with van der Waals surface area (Å²) in [5.41, 5.74) is 12.2. The van der Waals surface area contributed by atoms with Crippen molar-refractivity contribution in [2.24, 2.45) is 17.4 Å². The summed E-state index contributed by atoms with van der Waals surface area (Å²) in [6.45, 7) is 0.700. The van der Waals surface area contributed by atoms with E-state index < -0.39 is 5.91 Å². The molecule has 1 amide bonds. The van der Waals surface area contributed by atoms with Crippen LogP contribution in [-0.2, 0) is 0 Å². The topological polar surface area (TPSA) is 94.0 Å². The van der Waals surface area contributed by atoms with Gasteiger partial charge in [-0.1, -0.05) is 12.8 Å². The van der Waals surface area contributed by atoms with Crippen LogP contribution in [0.25, 0.3) is 0 Å². The van der Waals surface area contributed by atoms with Crippen molar-refractivity contribution in [2.75, 3.05) is 11.9 Å². The minimum atomic E-state index is -0.502. The summed E-state index contributed by atoms with van der Waals surface area (Å²) >= 11 is 0. The Morgan fingerprint density at radius 2 is 2.22 bits per heavy atom. The van der Waals surface area contributed by atoms with Crippen LogP contribution in [-0.4, -0.2) is 23.5 Å². The Morgan fingerprint density at radius 1 is 1.44 bits per heavy atom. The summed E-state index contributed by atoms with van der Waals surface area (Å²) < 4.78 is 0. The number of carbonyl (C=O) groups is 1. The molecule has 5 heteroatoms. The van der Waals surface area contributed by atoms with Crippen molar-refractivity contribution < 1.29 is 4.79 Å². The molecule has 0 aliphatic heterocycles. The largest absolute Gasteiger partial charge is 0.382 e. The lowest BCUT2D eigenvalue weighted by molar-refractivity contribution is 0.0995. The van der Waals surface area contributed by atoms with E-state index in [1.807, 2.05) is 6.07 Å². The molecule has 98 valence electrons. The number of amides is 1. The zero-order valence-corrected chi connectivity index (χ0v) is 10.4. The Morgan fingerprint density at radius 3 is 2.94 bits per heavy atom. The fourth-order valence-corrected chi connectivity index (χ4v) is 2.55. The molecule has 1 aliphatic rings. The molecule has 0 spiro atoms. The number of hydrogen-bond donors (Lipinski definition) is 3. The van der Waals surface area contributed by atoms with E-state index in [0.29, 0.717) is 24.2 Å². The first-order valence-corrected chi connectivity index (χ1v) is 6.43. The maximum absolute atomic E-state index is 11.1. The average Bonchev–Trinajstić information content (AvgIpc) is 2.39. The number of anilines is 1. The third-order valence-electron chi connectivity index (χ3n) is 3.58. The minimum absolute atomic E-state index is 0.292. The standard InChI is InChI=1S/C13H20N4O/c14-8-9-3-1-2-4-11(9)17-10-5-6-16-12(7-10)13(15)18/h5-7,9,11H,1-4,8,14H2,(H2,15,18)(H,16,17).